The van der Waals surface area contributed by atoms with Gasteiger partial charge >= 0.3 is 0 Å². The fraction of sp³-hybridized carbons (Fsp3) is 0.115. The molecule has 3 aliphatic carbocycles. The zero-order valence-corrected chi connectivity index (χ0v) is 30.0. The van der Waals surface area contributed by atoms with E-state index in [1.807, 2.05) is 0 Å². The molecular weight excluding hydrogens is 625 g/mol. The zero-order chi connectivity index (χ0) is 34.9. The minimum atomic E-state index is -0.106. The molecule has 0 heteroatoms. The number of hydrogen-bond donors (Lipinski definition) is 0. The van der Waals surface area contributed by atoms with Crippen molar-refractivity contribution in [2.75, 3.05) is 0 Å². The second-order valence-electron chi connectivity index (χ2n) is 16.1. The van der Waals surface area contributed by atoms with E-state index in [1.54, 1.807) is 0 Å². The molecule has 0 radical (unpaired) electrons. The lowest BCUT2D eigenvalue weighted by atomic mass is 9.80. The standard InChI is InChI=1S/C52H38/c1-51(2)46-15-8-7-12-39(46)40-24-21-34(29-47(40)51)35-22-25-42-41-23-20-33(28-48(41)52(3,4)49(42)30-35)31-16-18-32(19-17-31)36-26-27-45-38-11-6-5-10-37(38)44-14-9-13-43(36)50(44)45/h5-30H,1-4H3. The lowest BCUT2D eigenvalue weighted by molar-refractivity contribution is 0.659. The van der Waals surface area contributed by atoms with Gasteiger partial charge in [0.2, 0.25) is 0 Å². The summed E-state index contributed by atoms with van der Waals surface area (Å²) >= 11 is 0. The van der Waals surface area contributed by atoms with Gasteiger partial charge in [0.1, 0.15) is 0 Å². The first-order chi connectivity index (χ1) is 25.3. The van der Waals surface area contributed by atoms with Crippen molar-refractivity contribution in [1.29, 1.82) is 0 Å². The summed E-state index contributed by atoms with van der Waals surface area (Å²) in [5, 5.41) is 2.70. The third-order valence-corrected chi connectivity index (χ3v) is 12.7. The Morgan fingerprint density at radius 1 is 0.269 bits per heavy atom. The molecule has 246 valence electrons. The first kappa shape index (κ1) is 29.7. The normalized spacial score (nSPS) is 14.8. The molecular formula is C52H38. The van der Waals surface area contributed by atoms with Crippen LogP contribution in [0, 0.1) is 0 Å². The Hall–Kier alpha value is -5.98. The van der Waals surface area contributed by atoms with Crippen molar-refractivity contribution in [1.82, 2.24) is 0 Å². The van der Waals surface area contributed by atoms with Gasteiger partial charge in [-0.25, -0.2) is 0 Å². The van der Waals surface area contributed by atoms with Crippen molar-refractivity contribution in [2.45, 2.75) is 38.5 Å². The van der Waals surface area contributed by atoms with E-state index < -0.39 is 0 Å². The van der Waals surface area contributed by atoms with Gasteiger partial charge in [-0.3, -0.25) is 0 Å². The van der Waals surface area contributed by atoms with Crippen molar-refractivity contribution in [3.05, 3.63) is 180 Å². The second-order valence-corrected chi connectivity index (χ2v) is 16.1. The molecule has 0 atom stereocenters. The monoisotopic (exact) mass is 662 g/mol. The molecule has 0 saturated carbocycles. The first-order valence-corrected chi connectivity index (χ1v) is 18.6. The van der Waals surface area contributed by atoms with Crippen LogP contribution in [0.5, 0.6) is 0 Å². The van der Waals surface area contributed by atoms with E-state index in [1.165, 1.54) is 111 Å². The van der Waals surface area contributed by atoms with Gasteiger partial charge in [0.05, 0.1) is 0 Å². The summed E-state index contributed by atoms with van der Waals surface area (Å²) in [5.74, 6) is 0. The second kappa shape index (κ2) is 10.3. The van der Waals surface area contributed by atoms with Crippen molar-refractivity contribution < 1.29 is 0 Å². The lowest BCUT2D eigenvalue weighted by Gasteiger charge is -2.23. The molecule has 0 spiro atoms. The molecule has 11 rings (SSSR count). The molecule has 0 aromatic heterocycles. The van der Waals surface area contributed by atoms with Crippen molar-refractivity contribution >= 4 is 10.8 Å². The highest BCUT2D eigenvalue weighted by Crippen LogP contribution is 2.53. The van der Waals surface area contributed by atoms with Crippen molar-refractivity contribution in [3.8, 4) is 77.9 Å². The topological polar surface area (TPSA) is 0 Å². The Balaban J connectivity index is 0.926. The van der Waals surface area contributed by atoms with Crippen LogP contribution in [-0.2, 0) is 10.8 Å². The molecule has 0 bridgehead atoms. The maximum absolute atomic E-state index is 2.46. The van der Waals surface area contributed by atoms with Crippen LogP contribution in [0.4, 0.5) is 0 Å². The molecule has 0 N–H and O–H groups in total. The van der Waals surface area contributed by atoms with Gasteiger partial charge in [-0.05, 0) is 129 Å². The van der Waals surface area contributed by atoms with Gasteiger partial charge in [-0.2, -0.15) is 0 Å². The predicted molar refractivity (Wildman–Crippen MR) is 220 cm³/mol. The third kappa shape index (κ3) is 3.93. The average Bonchev–Trinajstić information content (AvgIpc) is 3.72. The largest absolute Gasteiger partial charge is 0.0619 e. The minimum absolute atomic E-state index is 0.00906. The number of benzene rings is 8. The SMILES string of the molecule is CC1(C)c2ccccc2-c2ccc(-c3ccc4c(c3)C(C)(C)c3cc(-c5ccc(-c6ccc7c8c(cccc68)-c6ccccc6-7)cc5)ccc3-4)cc21. The smallest absolute Gasteiger partial charge is 0.0159 e. The van der Waals surface area contributed by atoms with E-state index in [0.717, 1.165) is 0 Å². The van der Waals surface area contributed by atoms with E-state index in [9.17, 15) is 0 Å². The van der Waals surface area contributed by atoms with Gasteiger partial charge in [0.15, 0.2) is 0 Å². The Morgan fingerprint density at radius 3 is 1.25 bits per heavy atom. The van der Waals surface area contributed by atoms with E-state index >= 15 is 0 Å². The summed E-state index contributed by atoms with van der Waals surface area (Å²) in [6.07, 6.45) is 0. The van der Waals surface area contributed by atoms with Crippen LogP contribution >= 0.6 is 0 Å². The van der Waals surface area contributed by atoms with Crippen molar-refractivity contribution in [2.24, 2.45) is 0 Å². The summed E-state index contributed by atoms with van der Waals surface area (Å²) < 4.78 is 0. The van der Waals surface area contributed by atoms with E-state index in [4.69, 9.17) is 0 Å². The lowest BCUT2D eigenvalue weighted by Crippen LogP contribution is -2.15. The number of rotatable bonds is 3. The molecule has 0 nitrogen and oxygen atoms in total. The average molecular weight is 663 g/mol. The predicted octanol–water partition coefficient (Wildman–Crippen LogP) is 14.1. The maximum atomic E-state index is 2.46. The third-order valence-electron chi connectivity index (χ3n) is 12.7. The Kier molecular flexibility index (Phi) is 5.89. The first-order valence-electron chi connectivity index (χ1n) is 18.6. The van der Waals surface area contributed by atoms with Gasteiger partial charge in [0.25, 0.3) is 0 Å². The quantitative estimate of drug-likeness (QED) is 0.177. The van der Waals surface area contributed by atoms with Gasteiger partial charge in [-0.1, -0.05) is 167 Å². The van der Waals surface area contributed by atoms with Crippen LogP contribution in [-0.4, -0.2) is 0 Å². The minimum Gasteiger partial charge on any atom is -0.0619 e. The van der Waals surface area contributed by atoms with E-state index in [0.29, 0.717) is 0 Å². The number of fused-ring (bicyclic) bond motifs is 9. The fourth-order valence-electron chi connectivity index (χ4n) is 9.88. The molecule has 0 aliphatic heterocycles. The van der Waals surface area contributed by atoms with Crippen molar-refractivity contribution in [3.63, 3.8) is 0 Å². The van der Waals surface area contributed by atoms with Crippen LogP contribution in [0.15, 0.2) is 158 Å². The van der Waals surface area contributed by atoms with Crippen LogP contribution in [0.3, 0.4) is 0 Å². The number of hydrogen-bond acceptors (Lipinski definition) is 0. The molecule has 0 saturated heterocycles. The van der Waals surface area contributed by atoms with Gasteiger partial charge in [-0.15, -0.1) is 0 Å². The highest BCUT2D eigenvalue weighted by atomic mass is 14.4. The summed E-state index contributed by atoms with van der Waals surface area (Å²) in [6, 6.07) is 59.6. The molecule has 0 fully saturated rings. The molecule has 0 amide bonds. The molecule has 0 heterocycles. The molecule has 8 aromatic carbocycles. The van der Waals surface area contributed by atoms with Crippen LogP contribution in [0.2, 0.25) is 0 Å². The summed E-state index contributed by atoms with van der Waals surface area (Å²) in [4.78, 5) is 0. The van der Waals surface area contributed by atoms with E-state index in [-0.39, 0.29) is 10.8 Å². The zero-order valence-electron chi connectivity index (χ0n) is 30.0. The maximum Gasteiger partial charge on any atom is 0.0159 e. The summed E-state index contributed by atoms with van der Waals surface area (Å²) in [5.41, 5.74) is 24.0. The fourth-order valence-corrected chi connectivity index (χ4v) is 9.88. The summed E-state index contributed by atoms with van der Waals surface area (Å²) in [7, 11) is 0. The molecule has 52 heavy (non-hydrogen) atoms. The molecule has 0 unspecified atom stereocenters. The Morgan fingerprint density at radius 2 is 0.654 bits per heavy atom. The van der Waals surface area contributed by atoms with E-state index in [2.05, 4.69) is 185 Å². The highest BCUT2D eigenvalue weighted by Gasteiger charge is 2.37. The molecule has 8 aromatic rings. The highest BCUT2D eigenvalue weighted by molar-refractivity contribution is 6.18. The van der Waals surface area contributed by atoms with Crippen LogP contribution in [0.25, 0.3) is 88.7 Å². The Bertz CT molecular complexity index is 2790. The van der Waals surface area contributed by atoms with Gasteiger partial charge in [0, 0.05) is 10.8 Å². The Labute approximate surface area is 306 Å². The molecule has 3 aliphatic rings. The van der Waals surface area contributed by atoms with Gasteiger partial charge < -0.3 is 0 Å². The van der Waals surface area contributed by atoms with Crippen LogP contribution < -0.4 is 0 Å². The summed E-state index contributed by atoms with van der Waals surface area (Å²) in [6.45, 7) is 9.51. The van der Waals surface area contributed by atoms with Crippen LogP contribution in [0.1, 0.15) is 49.9 Å².